The van der Waals surface area contributed by atoms with Gasteiger partial charge in [-0.25, -0.2) is 0 Å². The number of aryl methyl sites for hydroxylation is 1. The summed E-state index contributed by atoms with van der Waals surface area (Å²) in [4.78, 5) is 18.1. The molecule has 1 aromatic carbocycles. The van der Waals surface area contributed by atoms with E-state index in [-0.39, 0.29) is 11.3 Å². The number of carbonyl (C=O) groups excluding carboxylic acids is 1. The van der Waals surface area contributed by atoms with Crippen molar-refractivity contribution in [2.75, 3.05) is 31.6 Å². The third kappa shape index (κ3) is 6.65. The number of hydrogen-bond donors (Lipinski definition) is 1. The Morgan fingerprint density at radius 1 is 1.17 bits per heavy atom. The van der Waals surface area contributed by atoms with Crippen molar-refractivity contribution in [2.24, 2.45) is 5.41 Å². The number of nitrogens with one attached hydrogen (secondary N) is 1. The lowest BCUT2D eigenvalue weighted by atomic mass is 9.74. The first-order valence-electron chi connectivity index (χ1n) is 10.7. The summed E-state index contributed by atoms with van der Waals surface area (Å²) in [5, 5.41) is 2.76. The van der Waals surface area contributed by atoms with Crippen molar-refractivity contribution in [3.05, 3.63) is 59.9 Å². The van der Waals surface area contributed by atoms with E-state index >= 15 is 0 Å². The zero-order valence-corrected chi connectivity index (χ0v) is 17.7. The predicted molar refractivity (Wildman–Crippen MR) is 117 cm³/mol. The van der Waals surface area contributed by atoms with Crippen molar-refractivity contribution in [3.63, 3.8) is 0 Å². The molecule has 0 bridgehead atoms. The van der Waals surface area contributed by atoms with Gasteiger partial charge in [-0.05, 0) is 68.8 Å². The number of ether oxygens (including phenoxy) is 1. The third-order valence-electron chi connectivity index (χ3n) is 5.85. The van der Waals surface area contributed by atoms with Gasteiger partial charge < -0.3 is 10.1 Å². The molecule has 5 heteroatoms. The Bertz CT molecular complexity index is 753. The molecule has 0 spiro atoms. The summed E-state index contributed by atoms with van der Waals surface area (Å²) in [5.41, 5.74) is 3.47. The number of aromatic nitrogens is 1. The smallest absolute Gasteiger partial charge is 0.221 e. The molecule has 1 saturated heterocycles. The molecule has 1 aliphatic rings. The van der Waals surface area contributed by atoms with Crippen LogP contribution in [-0.4, -0.2) is 42.1 Å². The lowest BCUT2D eigenvalue weighted by molar-refractivity contribution is -0.114. The van der Waals surface area contributed by atoms with E-state index < -0.39 is 0 Å². The number of anilines is 1. The van der Waals surface area contributed by atoms with Crippen LogP contribution in [0.5, 0.6) is 0 Å². The van der Waals surface area contributed by atoms with Gasteiger partial charge in [0.15, 0.2) is 0 Å². The Morgan fingerprint density at radius 2 is 1.93 bits per heavy atom. The van der Waals surface area contributed by atoms with Gasteiger partial charge in [0, 0.05) is 20.1 Å². The van der Waals surface area contributed by atoms with Crippen LogP contribution in [-0.2, 0) is 22.5 Å². The van der Waals surface area contributed by atoms with Gasteiger partial charge >= 0.3 is 0 Å². The van der Waals surface area contributed by atoms with Crippen LogP contribution >= 0.6 is 0 Å². The Kier molecular flexibility index (Phi) is 7.78. The van der Waals surface area contributed by atoms with Crippen molar-refractivity contribution in [3.8, 4) is 0 Å². The molecule has 0 radical (unpaired) electrons. The summed E-state index contributed by atoms with van der Waals surface area (Å²) in [6, 6.07) is 14.7. The lowest BCUT2D eigenvalue weighted by Gasteiger charge is -2.42. The average Bonchev–Trinajstić information content (AvgIpc) is 2.74. The molecule has 0 unspecified atom stereocenters. The fourth-order valence-electron chi connectivity index (χ4n) is 4.05. The molecule has 0 aliphatic carbocycles. The molecule has 0 saturated carbocycles. The van der Waals surface area contributed by atoms with Crippen molar-refractivity contribution in [1.29, 1.82) is 0 Å². The van der Waals surface area contributed by atoms with Crippen LogP contribution < -0.4 is 5.32 Å². The van der Waals surface area contributed by atoms with E-state index in [0.717, 1.165) is 63.5 Å². The molecular formula is C24H33N3O2. The molecule has 1 aromatic heterocycles. The predicted octanol–water partition coefficient (Wildman–Crippen LogP) is 4.29. The number of piperidine rings is 1. The minimum Gasteiger partial charge on any atom is -0.381 e. The number of pyridine rings is 1. The molecule has 3 rings (SSSR count). The van der Waals surface area contributed by atoms with E-state index in [1.165, 1.54) is 18.9 Å². The van der Waals surface area contributed by atoms with Gasteiger partial charge in [-0.2, -0.15) is 0 Å². The molecule has 2 heterocycles. The van der Waals surface area contributed by atoms with Crippen LogP contribution in [0.2, 0.25) is 0 Å². The fraction of sp³-hybridized carbons (Fsp3) is 0.500. The maximum Gasteiger partial charge on any atom is 0.221 e. The molecule has 1 aliphatic heterocycles. The number of carbonyl (C=O) groups is 1. The standard InChI is InChI=1S/C24H33N3O2/c1-3-29-19-24(12-11-21-7-5-4-6-8-21)13-15-27(16-14-24)18-23-10-9-22(17-25-23)26-20(2)28/h4-10,17H,3,11-16,18-19H2,1-2H3,(H,26,28). The van der Waals surface area contributed by atoms with Crippen molar-refractivity contribution < 1.29 is 9.53 Å². The zero-order valence-electron chi connectivity index (χ0n) is 17.7. The normalized spacial score (nSPS) is 16.5. The van der Waals surface area contributed by atoms with E-state index in [1.807, 2.05) is 12.1 Å². The summed E-state index contributed by atoms with van der Waals surface area (Å²) in [7, 11) is 0. The average molecular weight is 396 g/mol. The van der Waals surface area contributed by atoms with Gasteiger partial charge in [0.1, 0.15) is 0 Å². The highest BCUT2D eigenvalue weighted by molar-refractivity contribution is 5.88. The lowest BCUT2D eigenvalue weighted by Crippen LogP contribution is -2.42. The maximum absolute atomic E-state index is 11.1. The number of rotatable bonds is 9. The maximum atomic E-state index is 11.1. The molecule has 0 atom stereocenters. The first-order chi connectivity index (χ1) is 14.1. The van der Waals surface area contributed by atoms with Crippen molar-refractivity contribution in [1.82, 2.24) is 9.88 Å². The minimum atomic E-state index is -0.0725. The molecule has 1 N–H and O–H groups in total. The Balaban J connectivity index is 1.54. The van der Waals surface area contributed by atoms with E-state index in [2.05, 4.69) is 52.5 Å². The third-order valence-corrected chi connectivity index (χ3v) is 5.85. The van der Waals surface area contributed by atoms with Gasteiger partial charge in [0.25, 0.3) is 0 Å². The second-order valence-electron chi connectivity index (χ2n) is 8.12. The largest absolute Gasteiger partial charge is 0.381 e. The van der Waals surface area contributed by atoms with Crippen molar-refractivity contribution in [2.45, 2.75) is 46.1 Å². The first kappa shape index (κ1) is 21.5. The van der Waals surface area contributed by atoms with Crippen LogP contribution in [0.1, 0.15) is 44.4 Å². The highest BCUT2D eigenvalue weighted by Gasteiger charge is 2.34. The monoisotopic (exact) mass is 395 g/mol. The van der Waals surface area contributed by atoms with Gasteiger partial charge in [-0.1, -0.05) is 30.3 Å². The van der Waals surface area contributed by atoms with Gasteiger partial charge in [0.2, 0.25) is 5.91 Å². The van der Waals surface area contributed by atoms with Crippen LogP contribution in [0.15, 0.2) is 48.7 Å². The van der Waals surface area contributed by atoms with Gasteiger partial charge in [-0.15, -0.1) is 0 Å². The van der Waals surface area contributed by atoms with E-state index in [9.17, 15) is 4.79 Å². The van der Waals surface area contributed by atoms with Crippen LogP contribution in [0, 0.1) is 5.41 Å². The number of benzene rings is 1. The van der Waals surface area contributed by atoms with Gasteiger partial charge in [0.05, 0.1) is 24.2 Å². The zero-order chi connectivity index (χ0) is 20.5. The fourth-order valence-corrected chi connectivity index (χ4v) is 4.05. The van der Waals surface area contributed by atoms with E-state index in [0.29, 0.717) is 0 Å². The second-order valence-corrected chi connectivity index (χ2v) is 8.12. The molecule has 156 valence electrons. The number of amides is 1. The summed E-state index contributed by atoms with van der Waals surface area (Å²) in [6.07, 6.45) is 6.34. The summed E-state index contributed by atoms with van der Waals surface area (Å²) in [6.45, 7) is 8.21. The molecule has 1 fully saturated rings. The molecular weight excluding hydrogens is 362 g/mol. The summed E-state index contributed by atoms with van der Waals surface area (Å²) >= 11 is 0. The minimum absolute atomic E-state index is 0.0725. The molecule has 5 nitrogen and oxygen atoms in total. The highest BCUT2D eigenvalue weighted by Crippen LogP contribution is 2.37. The Labute approximate surface area is 174 Å². The topological polar surface area (TPSA) is 54.5 Å². The SMILES string of the molecule is CCOCC1(CCc2ccccc2)CCN(Cc2ccc(NC(C)=O)cn2)CC1. The quantitative estimate of drug-likeness (QED) is 0.688. The van der Waals surface area contributed by atoms with Crippen LogP contribution in [0.3, 0.4) is 0 Å². The van der Waals surface area contributed by atoms with E-state index in [4.69, 9.17) is 4.74 Å². The van der Waals surface area contributed by atoms with Crippen molar-refractivity contribution >= 4 is 11.6 Å². The summed E-state index contributed by atoms with van der Waals surface area (Å²) < 4.78 is 5.90. The molecule has 1 amide bonds. The van der Waals surface area contributed by atoms with E-state index in [1.54, 1.807) is 6.20 Å². The number of hydrogen-bond acceptors (Lipinski definition) is 4. The Hall–Kier alpha value is -2.24. The molecule has 29 heavy (non-hydrogen) atoms. The van der Waals surface area contributed by atoms with Crippen LogP contribution in [0.4, 0.5) is 5.69 Å². The number of nitrogens with zero attached hydrogens (tertiary/aromatic N) is 2. The number of likely N-dealkylation sites (tertiary alicyclic amines) is 1. The van der Waals surface area contributed by atoms with Crippen LogP contribution in [0.25, 0.3) is 0 Å². The van der Waals surface area contributed by atoms with Gasteiger partial charge in [-0.3, -0.25) is 14.7 Å². The Morgan fingerprint density at radius 3 is 2.55 bits per heavy atom. The first-order valence-corrected chi connectivity index (χ1v) is 10.7. The molecule has 2 aromatic rings. The highest BCUT2D eigenvalue weighted by atomic mass is 16.5. The second kappa shape index (κ2) is 10.5. The summed E-state index contributed by atoms with van der Waals surface area (Å²) in [5.74, 6) is -0.0725.